The minimum Gasteiger partial charge on any atom is -0.493 e. The number of thioether (sulfide) groups is 1. The number of methoxy groups -OCH3 is 1. The highest BCUT2D eigenvalue weighted by atomic mass is 32.2. The van der Waals surface area contributed by atoms with Gasteiger partial charge in [0.05, 0.1) is 19.3 Å². The molecule has 4 rings (SSSR count). The lowest BCUT2D eigenvalue weighted by Crippen LogP contribution is -2.31. The number of amides is 1. The molecule has 0 saturated heterocycles. The predicted octanol–water partition coefficient (Wildman–Crippen LogP) is 4.47. The Morgan fingerprint density at radius 2 is 1.97 bits per heavy atom. The lowest BCUT2D eigenvalue weighted by molar-refractivity contribution is -0.116. The molecule has 3 aromatic rings. The summed E-state index contributed by atoms with van der Waals surface area (Å²) >= 11 is 1.30. The van der Waals surface area contributed by atoms with E-state index in [-0.39, 0.29) is 29.5 Å². The molecule has 0 fully saturated rings. The summed E-state index contributed by atoms with van der Waals surface area (Å²) < 4.78 is 24.5. The molecule has 7 nitrogen and oxygen atoms in total. The highest BCUT2D eigenvalue weighted by molar-refractivity contribution is 7.98. The topological polar surface area (TPSA) is 93.3 Å². The first-order valence-electron chi connectivity index (χ1n) is 10.6. The van der Waals surface area contributed by atoms with Gasteiger partial charge in [-0.1, -0.05) is 43.0 Å². The van der Waals surface area contributed by atoms with E-state index in [0.717, 1.165) is 12.0 Å². The zero-order chi connectivity index (χ0) is 23.4. The van der Waals surface area contributed by atoms with Gasteiger partial charge >= 0.3 is 0 Å². The predicted molar refractivity (Wildman–Crippen MR) is 125 cm³/mol. The van der Waals surface area contributed by atoms with Crippen molar-refractivity contribution in [2.45, 2.75) is 36.6 Å². The number of nitrogens with zero attached hydrogens (tertiary/aromatic N) is 1. The number of hydrogen-bond acceptors (Lipinski definition) is 6. The van der Waals surface area contributed by atoms with Gasteiger partial charge in [-0.2, -0.15) is 0 Å². The number of carbonyl (C=O) groups is 1. The molecule has 0 saturated carbocycles. The van der Waals surface area contributed by atoms with Crippen LogP contribution in [0, 0.1) is 5.82 Å². The summed E-state index contributed by atoms with van der Waals surface area (Å²) in [4.78, 5) is 33.0. The van der Waals surface area contributed by atoms with Crippen molar-refractivity contribution < 1.29 is 18.7 Å². The fraction of sp³-hybridized carbons (Fsp3) is 0.292. The molecule has 0 aliphatic carbocycles. The zero-order valence-electron chi connectivity index (χ0n) is 18.3. The summed E-state index contributed by atoms with van der Waals surface area (Å²) in [6, 6.07) is 11.6. The van der Waals surface area contributed by atoms with Gasteiger partial charge in [0.2, 0.25) is 5.91 Å². The van der Waals surface area contributed by atoms with E-state index in [0.29, 0.717) is 40.1 Å². The number of carbonyl (C=O) groups excluding carboxylic acids is 1. The van der Waals surface area contributed by atoms with Crippen LogP contribution in [0.4, 0.5) is 10.2 Å². The molecule has 1 aliphatic heterocycles. The highest BCUT2D eigenvalue weighted by Crippen LogP contribution is 2.42. The van der Waals surface area contributed by atoms with Gasteiger partial charge in [-0.25, -0.2) is 9.37 Å². The molecule has 0 radical (unpaired) electrons. The van der Waals surface area contributed by atoms with E-state index < -0.39 is 5.92 Å². The molecule has 1 amide bonds. The fourth-order valence-electron chi connectivity index (χ4n) is 3.74. The van der Waals surface area contributed by atoms with Crippen molar-refractivity contribution in [1.82, 2.24) is 9.97 Å². The monoisotopic (exact) mass is 469 g/mol. The quantitative estimate of drug-likeness (QED) is 0.373. The van der Waals surface area contributed by atoms with Crippen LogP contribution < -0.4 is 20.3 Å². The van der Waals surface area contributed by atoms with Gasteiger partial charge in [0.25, 0.3) is 5.56 Å². The Morgan fingerprint density at radius 1 is 1.18 bits per heavy atom. The number of para-hydroxylation sites is 1. The van der Waals surface area contributed by atoms with Crippen LogP contribution in [0.3, 0.4) is 0 Å². The van der Waals surface area contributed by atoms with Crippen LogP contribution in [0.1, 0.15) is 42.4 Å². The second-order valence-electron chi connectivity index (χ2n) is 7.58. The van der Waals surface area contributed by atoms with Gasteiger partial charge in [0.15, 0.2) is 16.7 Å². The number of benzene rings is 2. The summed E-state index contributed by atoms with van der Waals surface area (Å²) in [6.07, 6.45) is 0.894. The van der Waals surface area contributed by atoms with E-state index in [1.165, 1.54) is 23.9 Å². The first-order valence-corrected chi connectivity index (χ1v) is 11.6. The van der Waals surface area contributed by atoms with Gasteiger partial charge in [0, 0.05) is 23.7 Å². The molecule has 172 valence electrons. The van der Waals surface area contributed by atoms with Crippen molar-refractivity contribution in [2.24, 2.45) is 0 Å². The number of ether oxygens (including phenoxy) is 2. The van der Waals surface area contributed by atoms with Crippen molar-refractivity contribution in [1.29, 1.82) is 0 Å². The van der Waals surface area contributed by atoms with Crippen LogP contribution in [-0.2, 0) is 10.5 Å². The molecule has 2 heterocycles. The third-order valence-electron chi connectivity index (χ3n) is 5.27. The van der Waals surface area contributed by atoms with E-state index in [9.17, 15) is 14.0 Å². The summed E-state index contributed by atoms with van der Waals surface area (Å²) in [7, 11) is 1.55. The summed E-state index contributed by atoms with van der Waals surface area (Å²) in [5, 5.41) is 3.11. The largest absolute Gasteiger partial charge is 0.493 e. The number of aromatic amines is 1. The molecular formula is C24H24FN3O4S. The van der Waals surface area contributed by atoms with Crippen LogP contribution >= 0.6 is 11.8 Å². The Hall–Kier alpha value is -3.33. The van der Waals surface area contributed by atoms with Crippen LogP contribution in [0.15, 0.2) is 52.4 Å². The zero-order valence-corrected chi connectivity index (χ0v) is 19.1. The lowest BCUT2D eigenvalue weighted by Gasteiger charge is -2.26. The summed E-state index contributed by atoms with van der Waals surface area (Å²) in [5.41, 5.74) is 1.65. The second-order valence-corrected chi connectivity index (χ2v) is 8.54. The van der Waals surface area contributed by atoms with E-state index in [4.69, 9.17) is 9.47 Å². The molecule has 9 heteroatoms. The van der Waals surface area contributed by atoms with E-state index >= 15 is 0 Å². The number of aromatic nitrogens is 2. The third kappa shape index (κ3) is 5.03. The number of hydrogen-bond donors (Lipinski definition) is 2. The first-order chi connectivity index (χ1) is 16.0. The van der Waals surface area contributed by atoms with E-state index in [1.807, 2.05) is 19.1 Å². The molecule has 1 unspecified atom stereocenters. The maximum Gasteiger partial charge on any atom is 0.257 e. The number of fused-ring (bicyclic) bond motifs is 1. The summed E-state index contributed by atoms with van der Waals surface area (Å²) in [6.45, 7) is 2.48. The number of H-pyrrole nitrogens is 1. The Kier molecular flexibility index (Phi) is 6.98. The molecule has 1 atom stereocenters. The maximum absolute atomic E-state index is 13.1. The first kappa shape index (κ1) is 22.8. The standard InChI is InChI=1S/C24H24FN3O4S/c1-3-11-32-21-16(5-4-6-18(21)31-2)17-12-19(29)26-22-20(17)23(30)28-24(27-22)33-13-14-7-9-15(25)10-8-14/h4-10,17H,3,11-13H2,1-2H3,(H2,26,27,28,29,30). The van der Waals surface area contributed by atoms with Crippen molar-refractivity contribution >= 4 is 23.5 Å². The van der Waals surface area contributed by atoms with Crippen molar-refractivity contribution in [3.8, 4) is 11.5 Å². The minimum absolute atomic E-state index is 0.0927. The normalized spacial score (nSPS) is 15.0. The number of halogens is 1. The van der Waals surface area contributed by atoms with Gasteiger partial charge < -0.3 is 19.8 Å². The molecule has 1 aromatic heterocycles. The SMILES string of the molecule is CCCOc1c(OC)cccc1C1CC(=O)Nc2nc(SCc3ccc(F)cc3)[nH]c(=O)c21. The molecule has 0 spiro atoms. The average Bonchev–Trinajstić information content (AvgIpc) is 2.81. The lowest BCUT2D eigenvalue weighted by atomic mass is 9.86. The molecule has 0 bridgehead atoms. The van der Waals surface area contributed by atoms with Crippen LogP contribution in [0.25, 0.3) is 0 Å². The molecule has 1 aliphatic rings. The van der Waals surface area contributed by atoms with Crippen molar-refractivity contribution in [3.05, 3.63) is 75.3 Å². The summed E-state index contributed by atoms with van der Waals surface area (Å²) in [5.74, 6) is 0.742. The Balaban J connectivity index is 1.69. The van der Waals surface area contributed by atoms with Gasteiger partial charge in [-0.15, -0.1) is 0 Å². The average molecular weight is 470 g/mol. The fourth-order valence-corrected chi connectivity index (χ4v) is 4.56. The third-order valence-corrected chi connectivity index (χ3v) is 6.22. The molecular weight excluding hydrogens is 445 g/mol. The van der Waals surface area contributed by atoms with Gasteiger partial charge in [-0.05, 0) is 30.2 Å². The van der Waals surface area contributed by atoms with E-state index in [1.54, 1.807) is 25.3 Å². The van der Waals surface area contributed by atoms with Crippen molar-refractivity contribution in [2.75, 3.05) is 19.0 Å². The molecule has 2 aromatic carbocycles. The molecule has 33 heavy (non-hydrogen) atoms. The highest BCUT2D eigenvalue weighted by Gasteiger charge is 2.33. The Bertz CT molecular complexity index is 1210. The Morgan fingerprint density at radius 3 is 2.70 bits per heavy atom. The van der Waals surface area contributed by atoms with E-state index in [2.05, 4.69) is 15.3 Å². The number of nitrogens with one attached hydrogen (secondary N) is 2. The van der Waals surface area contributed by atoms with Crippen LogP contribution in [-0.4, -0.2) is 29.6 Å². The maximum atomic E-state index is 13.1. The van der Waals surface area contributed by atoms with Crippen molar-refractivity contribution in [3.63, 3.8) is 0 Å². The second kappa shape index (κ2) is 10.1. The van der Waals surface area contributed by atoms with Gasteiger partial charge in [-0.3, -0.25) is 9.59 Å². The van der Waals surface area contributed by atoms with Gasteiger partial charge in [0.1, 0.15) is 11.6 Å². The molecule has 2 N–H and O–H groups in total. The van der Waals surface area contributed by atoms with Crippen LogP contribution in [0.5, 0.6) is 11.5 Å². The number of rotatable bonds is 8. The smallest absolute Gasteiger partial charge is 0.257 e. The van der Waals surface area contributed by atoms with Crippen LogP contribution in [0.2, 0.25) is 0 Å². The Labute approximate surface area is 194 Å². The minimum atomic E-state index is -0.525. The number of anilines is 1.